The molecule has 0 N–H and O–H groups in total. The highest BCUT2D eigenvalue weighted by Gasteiger charge is 2.08. The Balaban J connectivity index is 3.04. The number of hydrogen-bond donors (Lipinski definition) is 0. The summed E-state index contributed by atoms with van der Waals surface area (Å²) in [5.41, 5.74) is 0.547. The van der Waals surface area contributed by atoms with Gasteiger partial charge in [0.25, 0.3) is 0 Å². The van der Waals surface area contributed by atoms with E-state index in [9.17, 15) is 0 Å². The van der Waals surface area contributed by atoms with Crippen molar-refractivity contribution < 1.29 is 0 Å². The zero-order valence-electron chi connectivity index (χ0n) is 7.41. The predicted molar refractivity (Wildman–Crippen MR) is 56.8 cm³/mol. The number of halogens is 1. The van der Waals surface area contributed by atoms with Gasteiger partial charge in [-0.15, -0.1) is 0 Å². The number of rotatable bonds is 4. The van der Waals surface area contributed by atoms with Crippen LogP contribution in [0.2, 0.25) is 0 Å². The van der Waals surface area contributed by atoms with Crippen molar-refractivity contribution in [3.05, 3.63) is 0 Å². The fraction of sp³-hybridized carbons (Fsp3) is 1.00. The quantitative estimate of drug-likeness (QED) is 0.403. The van der Waals surface area contributed by atoms with E-state index < -0.39 is 0 Å². The molecule has 1 heteroatoms. The standard InChI is InChI=1S/C9H19I/c1-9(2,3)7-5-4-6-8-10/h4-8H2,1-3H3. The number of hydrogen-bond acceptors (Lipinski definition) is 0. The van der Waals surface area contributed by atoms with Crippen LogP contribution in [0.15, 0.2) is 0 Å². The highest BCUT2D eigenvalue weighted by atomic mass is 127. The molecular weight excluding hydrogens is 235 g/mol. The topological polar surface area (TPSA) is 0 Å². The van der Waals surface area contributed by atoms with Crippen LogP contribution in [0.3, 0.4) is 0 Å². The Morgan fingerprint density at radius 2 is 1.60 bits per heavy atom. The third kappa shape index (κ3) is 8.73. The van der Waals surface area contributed by atoms with Gasteiger partial charge in [0.1, 0.15) is 0 Å². The first-order valence-corrected chi connectivity index (χ1v) is 5.65. The zero-order chi connectivity index (χ0) is 8.04. The van der Waals surface area contributed by atoms with Gasteiger partial charge < -0.3 is 0 Å². The van der Waals surface area contributed by atoms with Gasteiger partial charge in [0.2, 0.25) is 0 Å². The fourth-order valence-electron chi connectivity index (χ4n) is 0.927. The minimum atomic E-state index is 0.547. The summed E-state index contributed by atoms with van der Waals surface area (Å²) in [6, 6.07) is 0. The number of unbranched alkanes of at least 4 members (excludes halogenated alkanes) is 2. The number of alkyl halides is 1. The summed E-state index contributed by atoms with van der Waals surface area (Å²) >= 11 is 2.45. The maximum atomic E-state index is 2.45. The van der Waals surface area contributed by atoms with Crippen molar-refractivity contribution in [2.75, 3.05) is 4.43 Å². The van der Waals surface area contributed by atoms with Gasteiger partial charge in [-0.2, -0.15) is 0 Å². The van der Waals surface area contributed by atoms with Crippen molar-refractivity contribution in [3.8, 4) is 0 Å². The molecule has 0 fully saturated rings. The van der Waals surface area contributed by atoms with Gasteiger partial charge in [-0.05, 0) is 22.7 Å². The molecule has 0 atom stereocenters. The minimum Gasteiger partial charge on any atom is -0.0864 e. The molecule has 0 bridgehead atoms. The summed E-state index contributed by atoms with van der Waals surface area (Å²) in [6.45, 7) is 6.95. The molecule has 0 nitrogen and oxygen atoms in total. The Bertz CT molecular complexity index is 71.3. The van der Waals surface area contributed by atoms with E-state index in [2.05, 4.69) is 43.4 Å². The molecule has 0 aromatic carbocycles. The van der Waals surface area contributed by atoms with Crippen LogP contribution in [0.1, 0.15) is 46.5 Å². The summed E-state index contributed by atoms with van der Waals surface area (Å²) < 4.78 is 1.32. The van der Waals surface area contributed by atoms with Crippen LogP contribution in [0.4, 0.5) is 0 Å². The van der Waals surface area contributed by atoms with E-state index >= 15 is 0 Å². The summed E-state index contributed by atoms with van der Waals surface area (Å²) in [5.74, 6) is 0. The maximum Gasteiger partial charge on any atom is -0.000473 e. The van der Waals surface area contributed by atoms with E-state index in [0.717, 1.165) is 0 Å². The smallest absolute Gasteiger partial charge is 0.000473 e. The second kappa shape index (κ2) is 5.39. The lowest BCUT2D eigenvalue weighted by atomic mass is 9.90. The van der Waals surface area contributed by atoms with Crippen molar-refractivity contribution in [2.45, 2.75) is 46.5 Å². The van der Waals surface area contributed by atoms with E-state index in [1.165, 1.54) is 30.1 Å². The Morgan fingerprint density at radius 1 is 1.00 bits per heavy atom. The molecule has 0 aromatic rings. The van der Waals surface area contributed by atoms with Gasteiger partial charge in [0.15, 0.2) is 0 Å². The van der Waals surface area contributed by atoms with Crippen LogP contribution in [0.5, 0.6) is 0 Å². The SMILES string of the molecule is CC(C)(C)CCCCCI. The molecule has 0 amide bonds. The predicted octanol–water partition coefficient (Wildman–Crippen LogP) is 4.03. The molecule has 0 unspecified atom stereocenters. The second-order valence-corrected chi connectivity index (χ2v) is 5.14. The van der Waals surface area contributed by atoms with Gasteiger partial charge in [-0.1, -0.05) is 56.2 Å². The first kappa shape index (κ1) is 10.7. The lowest BCUT2D eigenvalue weighted by molar-refractivity contribution is 0.360. The summed E-state index contributed by atoms with van der Waals surface area (Å²) in [4.78, 5) is 0. The molecule has 62 valence electrons. The van der Waals surface area contributed by atoms with Crippen LogP contribution in [-0.4, -0.2) is 4.43 Å². The second-order valence-electron chi connectivity index (χ2n) is 4.06. The first-order valence-electron chi connectivity index (χ1n) is 4.12. The molecule has 0 heterocycles. The summed E-state index contributed by atoms with van der Waals surface area (Å²) in [7, 11) is 0. The molecule has 0 aliphatic heterocycles. The zero-order valence-corrected chi connectivity index (χ0v) is 9.57. The molecule has 0 saturated carbocycles. The lowest BCUT2D eigenvalue weighted by Crippen LogP contribution is -2.03. The molecule has 10 heavy (non-hydrogen) atoms. The van der Waals surface area contributed by atoms with Crippen molar-refractivity contribution in [1.82, 2.24) is 0 Å². The Labute approximate surface area is 78.9 Å². The molecular formula is C9H19I. The molecule has 0 aromatic heterocycles. The third-order valence-electron chi connectivity index (χ3n) is 1.56. The Hall–Kier alpha value is 0.730. The van der Waals surface area contributed by atoms with Crippen LogP contribution >= 0.6 is 22.6 Å². The summed E-state index contributed by atoms with van der Waals surface area (Å²) in [6.07, 6.45) is 5.60. The average molecular weight is 254 g/mol. The van der Waals surface area contributed by atoms with Gasteiger partial charge in [-0.3, -0.25) is 0 Å². The Kier molecular flexibility index (Phi) is 5.78. The molecule has 0 rings (SSSR count). The van der Waals surface area contributed by atoms with E-state index in [4.69, 9.17) is 0 Å². The van der Waals surface area contributed by atoms with Crippen LogP contribution in [0, 0.1) is 5.41 Å². The molecule has 0 aliphatic rings. The largest absolute Gasteiger partial charge is 0.0864 e. The van der Waals surface area contributed by atoms with E-state index in [1.807, 2.05) is 0 Å². The molecule has 0 aliphatic carbocycles. The first-order chi connectivity index (χ1) is 4.56. The van der Waals surface area contributed by atoms with Gasteiger partial charge >= 0.3 is 0 Å². The third-order valence-corrected chi connectivity index (χ3v) is 2.32. The average Bonchev–Trinajstić information content (AvgIpc) is 1.78. The van der Waals surface area contributed by atoms with E-state index in [-0.39, 0.29) is 0 Å². The lowest BCUT2D eigenvalue weighted by Gasteiger charge is -2.17. The Morgan fingerprint density at radius 3 is 2.00 bits per heavy atom. The van der Waals surface area contributed by atoms with Crippen LogP contribution in [-0.2, 0) is 0 Å². The van der Waals surface area contributed by atoms with Crippen LogP contribution in [0.25, 0.3) is 0 Å². The maximum absolute atomic E-state index is 2.45. The van der Waals surface area contributed by atoms with Crippen LogP contribution < -0.4 is 0 Å². The van der Waals surface area contributed by atoms with Crippen molar-refractivity contribution in [1.29, 1.82) is 0 Å². The van der Waals surface area contributed by atoms with Gasteiger partial charge in [0, 0.05) is 0 Å². The monoisotopic (exact) mass is 254 g/mol. The highest BCUT2D eigenvalue weighted by molar-refractivity contribution is 14.1. The van der Waals surface area contributed by atoms with Crippen molar-refractivity contribution >= 4 is 22.6 Å². The van der Waals surface area contributed by atoms with Crippen molar-refractivity contribution in [3.63, 3.8) is 0 Å². The molecule has 0 spiro atoms. The van der Waals surface area contributed by atoms with Gasteiger partial charge in [0.05, 0.1) is 0 Å². The minimum absolute atomic E-state index is 0.547. The summed E-state index contributed by atoms with van der Waals surface area (Å²) in [5, 5.41) is 0. The molecule has 0 saturated heterocycles. The van der Waals surface area contributed by atoms with E-state index in [1.54, 1.807) is 0 Å². The van der Waals surface area contributed by atoms with E-state index in [0.29, 0.717) is 5.41 Å². The fourth-order valence-corrected chi connectivity index (χ4v) is 1.47. The molecule has 0 radical (unpaired) electrons. The van der Waals surface area contributed by atoms with Gasteiger partial charge in [-0.25, -0.2) is 0 Å². The highest BCUT2D eigenvalue weighted by Crippen LogP contribution is 2.21. The normalized spacial score (nSPS) is 12.0. The van der Waals surface area contributed by atoms with Crippen molar-refractivity contribution in [2.24, 2.45) is 5.41 Å².